The topological polar surface area (TPSA) is 29.3 Å². The molecule has 1 fully saturated rings. The van der Waals surface area contributed by atoms with E-state index in [1.807, 2.05) is 0 Å². The summed E-state index contributed by atoms with van der Waals surface area (Å²) in [7, 11) is 0. The molecule has 1 saturated heterocycles. The van der Waals surface area contributed by atoms with Gasteiger partial charge in [-0.2, -0.15) is 0 Å². The SMILES string of the molecule is Cl.NCC1CCN(Cc2csc(Br)c2)C1. The van der Waals surface area contributed by atoms with Crippen LogP contribution < -0.4 is 5.73 Å². The maximum absolute atomic E-state index is 5.66. The van der Waals surface area contributed by atoms with Crippen LogP contribution in [0.4, 0.5) is 0 Å². The third-order valence-electron chi connectivity index (χ3n) is 2.73. The lowest BCUT2D eigenvalue weighted by Gasteiger charge is -2.14. The Morgan fingerprint density at radius 1 is 1.60 bits per heavy atom. The van der Waals surface area contributed by atoms with Gasteiger partial charge >= 0.3 is 0 Å². The summed E-state index contributed by atoms with van der Waals surface area (Å²) < 4.78 is 1.22. The van der Waals surface area contributed by atoms with Gasteiger partial charge in [-0.25, -0.2) is 0 Å². The van der Waals surface area contributed by atoms with Crippen molar-refractivity contribution in [3.05, 3.63) is 20.8 Å². The maximum atomic E-state index is 5.66. The fourth-order valence-electron chi connectivity index (χ4n) is 1.94. The van der Waals surface area contributed by atoms with Crippen molar-refractivity contribution in [1.82, 2.24) is 4.90 Å². The van der Waals surface area contributed by atoms with E-state index < -0.39 is 0 Å². The van der Waals surface area contributed by atoms with Crippen LogP contribution in [0.25, 0.3) is 0 Å². The van der Waals surface area contributed by atoms with Gasteiger partial charge in [0.2, 0.25) is 0 Å². The number of nitrogens with zero attached hydrogens (tertiary/aromatic N) is 1. The van der Waals surface area contributed by atoms with Gasteiger partial charge in [-0.3, -0.25) is 4.90 Å². The van der Waals surface area contributed by atoms with Gasteiger partial charge in [0.25, 0.3) is 0 Å². The highest BCUT2D eigenvalue weighted by Gasteiger charge is 2.21. The summed E-state index contributed by atoms with van der Waals surface area (Å²) in [4.78, 5) is 2.49. The van der Waals surface area contributed by atoms with Crippen molar-refractivity contribution < 1.29 is 0 Å². The summed E-state index contributed by atoms with van der Waals surface area (Å²) >= 11 is 5.25. The van der Waals surface area contributed by atoms with E-state index in [1.165, 1.54) is 28.9 Å². The Morgan fingerprint density at radius 2 is 2.40 bits per heavy atom. The van der Waals surface area contributed by atoms with Crippen molar-refractivity contribution in [3.8, 4) is 0 Å². The minimum Gasteiger partial charge on any atom is -0.330 e. The van der Waals surface area contributed by atoms with E-state index in [9.17, 15) is 0 Å². The Morgan fingerprint density at radius 3 is 2.93 bits per heavy atom. The molecule has 1 aliphatic rings. The zero-order valence-corrected chi connectivity index (χ0v) is 11.7. The van der Waals surface area contributed by atoms with Gasteiger partial charge in [-0.15, -0.1) is 23.7 Å². The van der Waals surface area contributed by atoms with E-state index in [4.69, 9.17) is 5.73 Å². The highest BCUT2D eigenvalue weighted by Crippen LogP contribution is 2.24. The minimum atomic E-state index is 0. The molecule has 86 valence electrons. The van der Waals surface area contributed by atoms with Crippen molar-refractivity contribution in [2.75, 3.05) is 19.6 Å². The van der Waals surface area contributed by atoms with Crippen molar-refractivity contribution in [3.63, 3.8) is 0 Å². The molecule has 2 N–H and O–H groups in total. The van der Waals surface area contributed by atoms with Gasteiger partial charge in [0.05, 0.1) is 3.79 Å². The third-order valence-corrected chi connectivity index (χ3v) is 4.28. The molecule has 0 aliphatic carbocycles. The number of likely N-dealkylation sites (tertiary alicyclic amines) is 1. The first-order chi connectivity index (χ1) is 6.78. The molecule has 0 bridgehead atoms. The summed E-state index contributed by atoms with van der Waals surface area (Å²) in [6, 6.07) is 2.21. The van der Waals surface area contributed by atoms with E-state index in [0.29, 0.717) is 0 Å². The van der Waals surface area contributed by atoms with Crippen LogP contribution in [0.5, 0.6) is 0 Å². The molecular formula is C10H16BrClN2S. The highest BCUT2D eigenvalue weighted by atomic mass is 79.9. The summed E-state index contributed by atoms with van der Waals surface area (Å²) in [5.74, 6) is 0.720. The zero-order chi connectivity index (χ0) is 9.97. The van der Waals surface area contributed by atoms with Gasteiger partial charge in [-0.1, -0.05) is 0 Å². The lowest BCUT2D eigenvalue weighted by molar-refractivity contribution is 0.318. The van der Waals surface area contributed by atoms with Gasteiger partial charge in [-0.05, 0) is 58.4 Å². The second-order valence-electron chi connectivity index (χ2n) is 3.88. The van der Waals surface area contributed by atoms with E-state index in [1.54, 1.807) is 11.3 Å². The number of hydrogen-bond donors (Lipinski definition) is 1. The van der Waals surface area contributed by atoms with Gasteiger partial charge in [0.1, 0.15) is 0 Å². The van der Waals surface area contributed by atoms with E-state index in [-0.39, 0.29) is 12.4 Å². The number of thiophene rings is 1. The van der Waals surface area contributed by atoms with Crippen LogP contribution in [0.3, 0.4) is 0 Å². The first kappa shape index (κ1) is 13.5. The Labute approximate surface area is 109 Å². The average Bonchev–Trinajstić information content (AvgIpc) is 2.76. The van der Waals surface area contributed by atoms with Crippen LogP contribution in [0, 0.1) is 5.92 Å². The Hall–Kier alpha value is 0.390. The van der Waals surface area contributed by atoms with E-state index in [0.717, 1.165) is 19.0 Å². The molecule has 15 heavy (non-hydrogen) atoms. The van der Waals surface area contributed by atoms with Crippen LogP contribution >= 0.6 is 39.7 Å². The minimum absolute atomic E-state index is 0. The van der Waals surface area contributed by atoms with Crippen molar-refractivity contribution >= 4 is 39.7 Å². The largest absolute Gasteiger partial charge is 0.330 e. The molecular weight excluding hydrogens is 296 g/mol. The number of rotatable bonds is 3. The fourth-order valence-corrected chi connectivity index (χ4v) is 3.14. The Balaban J connectivity index is 0.00000112. The predicted molar refractivity (Wildman–Crippen MR) is 71.7 cm³/mol. The predicted octanol–water partition coefficient (Wildman–Crippen LogP) is 2.71. The molecule has 1 unspecified atom stereocenters. The Bertz CT molecular complexity index is 305. The van der Waals surface area contributed by atoms with Gasteiger partial charge in [0, 0.05) is 13.1 Å². The van der Waals surface area contributed by atoms with E-state index in [2.05, 4.69) is 32.3 Å². The second-order valence-corrected chi connectivity index (χ2v) is 6.18. The van der Waals surface area contributed by atoms with Crippen molar-refractivity contribution in [2.24, 2.45) is 11.7 Å². The van der Waals surface area contributed by atoms with Crippen LogP contribution in [0.1, 0.15) is 12.0 Å². The molecule has 1 aromatic heterocycles. The standard InChI is InChI=1S/C10H15BrN2S.ClH/c11-10-3-9(7-14-10)6-13-2-1-8(4-12)5-13;/h3,7-8H,1-2,4-6,12H2;1H. The normalized spacial score (nSPS) is 21.6. The van der Waals surface area contributed by atoms with Gasteiger partial charge in [0.15, 0.2) is 0 Å². The van der Waals surface area contributed by atoms with E-state index >= 15 is 0 Å². The first-order valence-electron chi connectivity index (χ1n) is 4.93. The number of hydrogen-bond acceptors (Lipinski definition) is 3. The lowest BCUT2D eigenvalue weighted by Crippen LogP contribution is -2.22. The highest BCUT2D eigenvalue weighted by molar-refractivity contribution is 9.11. The van der Waals surface area contributed by atoms with Crippen LogP contribution in [-0.2, 0) is 6.54 Å². The molecule has 5 heteroatoms. The van der Waals surface area contributed by atoms with Crippen molar-refractivity contribution in [2.45, 2.75) is 13.0 Å². The summed E-state index contributed by atoms with van der Waals surface area (Å²) in [5, 5.41) is 2.22. The Kier molecular flexibility index (Phi) is 5.57. The molecule has 0 spiro atoms. The number of halogens is 2. The molecule has 2 heterocycles. The van der Waals surface area contributed by atoms with Crippen molar-refractivity contribution in [1.29, 1.82) is 0 Å². The summed E-state index contributed by atoms with van der Waals surface area (Å²) in [6.07, 6.45) is 1.27. The lowest BCUT2D eigenvalue weighted by atomic mass is 10.1. The smallest absolute Gasteiger partial charge is 0.0701 e. The molecule has 1 aliphatic heterocycles. The maximum Gasteiger partial charge on any atom is 0.0701 e. The van der Waals surface area contributed by atoms with Crippen LogP contribution in [-0.4, -0.2) is 24.5 Å². The van der Waals surface area contributed by atoms with Gasteiger partial charge < -0.3 is 5.73 Å². The molecule has 0 radical (unpaired) electrons. The summed E-state index contributed by atoms with van der Waals surface area (Å²) in [6.45, 7) is 4.29. The second kappa shape index (κ2) is 6.21. The molecule has 2 rings (SSSR count). The quantitative estimate of drug-likeness (QED) is 0.930. The van der Waals surface area contributed by atoms with Crippen LogP contribution in [0.15, 0.2) is 15.2 Å². The first-order valence-corrected chi connectivity index (χ1v) is 6.60. The third kappa shape index (κ3) is 3.71. The van der Waals surface area contributed by atoms with Crippen LogP contribution in [0.2, 0.25) is 0 Å². The average molecular weight is 312 g/mol. The molecule has 0 saturated carbocycles. The summed E-state index contributed by atoms with van der Waals surface area (Å²) in [5.41, 5.74) is 7.08. The molecule has 2 nitrogen and oxygen atoms in total. The monoisotopic (exact) mass is 310 g/mol. The molecule has 0 amide bonds. The molecule has 1 aromatic rings. The zero-order valence-electron chi connectivity index (χ0n) is 8.49. The molecule has 1 atom stereocenters. The fraction of sp³-hybridized carbons (Fsp3) is 0.600. The molecule has 0 aromatic carbocycles. The number of nitrogens with two attached hydrogens (primary N) is 1.